The van der Waals surface area contributed by atoms with Crippen LogP contribution in [0.1, 0.15) is 11.1 Å². The fraction of sp³-hybridized carbons (Fsp3) is 0.105. The lowest BCUT2D eigenvalue weighted by Crippen LogP contribution is -2.51. The molecule has 1 amide bonds. The molecule has 0 saturated carbocycles. The molecule has 0 aromatic heterocycles. The summed E-state index contributed by atoms with van der Waals surface area (Å²) < 4.78 is 1.16. The first-order valence-electron chi connectivity index (χ1n) is 7.73. The van der Waals surface area contributed by atoms with Gasteiger partial charge in [0.1, 0.15) is 4.32 Å². The third-order valence-corrected chi connectivity index (χ3v) is 5.71. The number of hydrogen-bond donors (Lipinski definition) is 0. The Hall–Kier alpha value is -1.96. The van der Waals surface area contributed by atoms with Crippen molar-refractivity contribution < 1.29 is 14.7 Å². The molecule has 0 radical (unpaired) electrons. The van der Waals surface area contributed by atoms with Gasteiger partial charge in [-0.1, -0.05) is 82.4 Å². The van der Waals surface area contributed by atoms with Crippen molar-refractivity contribution in [1.29, 1.82) is 0 Å². The summed E-state index contributed by atoms with van der Waals surface area (Å²) in [7, 11) is 0. The summed E-state index contributed by atoms with van der Waals surface area (Å²) in [6, 6.07) is 15.4. The van der Waals surface area contributed by atoms with Gasteiger partial charge in [0.2, 0.25) is 0 Å². The molecule has 0 bridgehead atoms. The second kappa shape index (κ2) is 8.16. The summed E-state index contributed by atoms with van der Waals surface area (Å²) in [5.74, 6) is -1.73. The molecule has 1 aliphatic heterocycles. The van der Waals surface area contributed by atoms with Crippen LogP contribution in [0.2, 0.25) is 0 Å². The van der Waals surface area contributed by atoms with Crippen LogP contribution < -0.4 is 5.11 Å². The van der Waals surface area contributed by atoms with Crippen molar-refractivity contribution in [2.45, 2.75) is 12.5 Å². The molecule has 7 heteroatoms. The summed E-state index contributed by atoms with van der Waals surface area (Å²) in [5, 5.41) is 11.7. The lowest BCUT2D eigenvalue weighted by atomic mass is 10.0. The number of carbonyl (C=O) groups excluding carboxylic acids is 2. The minimum absolute atomic E-state index is 0.140. The van der Waals surface area contributed by atoms with Crippen LogP contribution in [0.15, 0.2) is 64.0 Å². The molecule has 0 spiro atoms. The molecule has 3 rings (SSSR count). The van der Waals surface area contributed by atoms with Crippen LogP contribution >= 0.6 is 39.9 Å². The van der Waals surface area contributed by atoms with Crippen LogP contribution in [0, 0.1) is 0 Å². The molecule has 1 aliphatic rings. The topological polar surface area (TPSA) is 60.4 Å². The van der Waals surface area contributed by atoms with Gasteiger partial charge in [-0.15, -0.1) is 0 Å². The van der Waals surface area contributed by atoms with E-state index in [9.17, 15) is 14.7 Å². The Bertz CT molecular complexity index is 881. The van der Waals surface area contributed by atoms with Crippen molar-refractivity contribution in [3.8, 4) is 0 Å². The van der Waals surface area contributed by atoms with Gasteiger partial charge in [-0.05, 0) is 35.8 Å². The third-order valence-electron chi connectivity index (χ3n) is 3.85. The molecule has 0 aliphatic carbocycles. The van der Waals surface area contributed by atoms with Crippen LogP contribution in [-0.2, 0) is 16.0 Å². The highest BCUT2D eigenvalue weighted by Crippen LogP contribution is 2.34. The van der Waals surface area contributed by atoms with Crippen LogP contribution in [-0.4, -0.2) is 27.1 Å². The Morgan fingerprint density at radius 3 is 2.46 bits per heavy atom. The van der Waals surface area contributed by atoms with Crippen molar-refractivity contribution in [3.05, 3.63) is 75.1 Å². The van der Waals surface area contributed by atoms with E-state index in [1.807, 2.05) is 54.6 Å². The number of carboxylic acid groups (broad SMARTS) is 1. The van der Waals surface area contributed by atoms with Gasteiger partial charge in [0.25, 0.3) is 5.91 Å². The Morgan fingerprint density at radius 1 is 1.19 bits per heavy atom. The smallest absolute Gasteiger partial charge is 0.266 e. The second-order valence-corrected chi connectivity index (χ2v) is 8.22. The number of thioether (sulfide) groups is 1. The van der Waals surface area contributed by atoms with Gasteiger partial charge < -0.3 is 9.90 Å². The van der Waals surface area contributed by atoms with Crippen molar-refractivity contribution >= 4 is 62.2 Å². The molecule has 1 unspecified atom stereocenters. The molecule has 1 fully saturated rings. The maximum atomic E-state index is 12.8. The number of rotatable bonds is 5. The Kier molecular flexibility index (Phi) is 5.90. The van der Waals surface area contributed by atoms with E-state index >= 15 is 0 Å². The van der Waals surface area contributed by atoms with Gasteiger partial charge in [-0.25, -0.2) is 0 Å². The maximum Gasteiger partial charge on any atom is 0.266 e. The lowest BCUT2D eigenvalue weighted by Gasteiger charge is -2.27. The molecule has 1 heterocycles. The Balaban J connectivity index is 1.86. The van der Waals surface area contributed by atoms with Gasteiger partial charge in [-0.3, -0.25) is 9.69 Å². The highest BCUT2D eigenvalue weighted by molar-refractivity contribution is 9.10. The van der Waals surface area contributed by atoms with Crippen LogP contribution in [0.5, 0.6) is 0 Å². The first-order valence-corrected chi connectivity index (χ1v) is 9.75. The second-order valence-electron chi connectivity index (χ2n) is 5.63. The van der Waals surface area contributed by atoms with Crippen molar-refractivity contribution in [1.82, 2.24) is 4.90 Å². The van der Waals surface area contributed by atoms with Gasteiger partial charge in [0.15, 0.2) is 0 Å². The molecule has 4 nitrogen and oxygen atoms in total. The molecule has 2 aromatic carbocycles. The SMILES string of the molecule is O=C([O-])C(Cc1ccccc1)N1C(=O)C(=Cc2ccc(Br)cc2)SC1=S. The number of amides is 1. The first kappa shape index (κ1) is 18.8. The summed E-state index contributed by atoms with van der Waals surface area (Å²) >= 11 is 9.74. The molecule has 1 atom stereocenters. The monoisotopic (exact) mass is 446 g/mol. The van der Waals surface area contributed by atoms with Gasteiger partial charge in [0.05, 0.1) is 16.9 Å². The van der Waals surface area contributed by atoms with Crippen LogP contribution in [0.25, 0.3) is 6.08 Å². The summed E-state index contributed by atoms with van der Waals surface area (Å²) in [6.45, 7) is 0. The van der Waals surface area contributed by atoms with E-state index in [0.29, 0.717) is 4.91 Å². The Labute approximate surface area is 169 Å². The van der Waals surface area contributed by atoms with E-state index in [-0.39, 0.29) is 10.7 Å². The van der Waals surface area contributed by atoms with E-state index in [0.717, 1.165) is 32.3 Å². The summed E-state index contributed by atoms with van der Waals surface area (Å²) in [6.07, 6.45) is 1.85. The first-order chi connectivity index (χ1) is 12.5. The number of thiocarbonyl (C=S) groups is 1. The third kappa shape index (κ3) is 4.23. The maximum absolute atomic E-state index is 12.8. The predicted octanol–water partition coefficient (Wildman–Crippen LogP) is 3.01. The number of carboxylic acids is 1. The number of aliphatic carboxylic acids is 1. The predicted molar refractivity (Wildman–Crippen MR) is 108 cm³/mol. The van der Waals surface area contributed by atoms with E-state index in [1.54, 1.807) is 6.08 Å². The summed E-state index contributed by atoms with van der Waals surface area (Å²) in [4.78, 5) is 26.0. The fourth-order valence-corrected chi connectivity index (χ4v) is 4.20. The minimum Gasteiger partial charge on any atom is -0.548 e. The van der Waals surface area contributed by atoms with Crippen molar-refractivity contribution in [2.75, 3.05) is 0 Å². The van der Waals surface area contributed by atoms with Crippen LogP contribution in [0.4, 0.5) is 0 Å². The highest BCUT2D eigenvalue weighted by Gasteiger charge is 2.37. The van der Waals surface area contributed by atoms with Crippen molar-refractivity contribution in [2.24, 2.45) is 0 Å². The normalized spacial score (nSPS) is 17.0. The molecule has 132 valence electrons. The zero-order valence-corrected chi connectivity index (χ0v) is 16.6. The molecular formula is C19H13BrNO3S2-. The van der Waals surface area contributed by atoms with Crippen molar-refractivity contribution in [3.63, 3.8) is 0 Å². The quantitative estimate of drug-likeness (QED) is 0.521. The Morgan fingerprint density at radius 2 is 1.85 bits per heavy atom. The fourth-order valence-electron chi connectivity index (χ4n) is 2.58. The average Bonchev–Trinajstić information content (AvgIpc) is 2.89. The number of hydrogen-bond acceptors (Lipinski definition) is 5. The van der Waals surface area contributed by atoms with E-state index in [2.05, 4.69) is 15.9 Å². The average molecular weight is 447 g/mol. The van der Waals surface area contributed by atoms with E-state index in [1.165, 1.54) is 0 Å². The zero-order valence-electron chi connectivity index (χ0n) is 13.4. The number of carbonyl (C=O) groups is 2. The van der Waals surface area contributed by atoms with Gasteiger partial charge >= 0.3 is 0 Å². The molecule has 1 saturated heterocycles. The van der Waals surface area contributed by atoms with Crippen LogP contribution in [0.3, 0.4) is 0 Å². The van der Waals surface area contributed by atoms with E-state index < -0.39 is 17.9 Å². The summed E-state index contributed by atoms with van der Waals surface area (Å²) in [5.41, 5.74) is 1.63. The van der Waals surface area contributed by atoms with Gasteiger partial charge in [-0.2, -0.15) is 0 Å². The van der Waals surface area contributed by atoms with Gasteiger partial charge in [0, 0.05) is 4.47 Å². The molecule has 26 heavy (non-hydrogen) atoms. The molecule has 0 N–H and O–H groups in total. The number of halogens is 1. The lowest BCUT2D eigenvalue weighted by molar-refractivity contribution is -0.310. The van der Waals surface area contributed by atoms with E-state index in [4.69, 9.17) is 12.2 Å². The minimum atomic E-state index is -1.32. The largest absolute Gasteiger partial charge is 0.548 e. The zero-order chi connectivity index (χ0) is 18.7. The number of nitrogens with zero attached hydrogens (tertiary/aromatic N) is 1. The standard InChI is InChI=1S/C19H14BrNO3S2/c20-14-8-6-13(7-9-14)11-16-17(22)21(19(25)26-16)15(18(23)24)10-12-4-2-1-3-5-12/h1-9,11,15H,10H2,(H,23,24)/p-1. The molecule has 2 aromatic rings. The number of benzene rings is 2. The molecular weight excluding hydrogens is 434 g/mol. The highest BCUT2D eigenvalue weighted by atomic mass is 79.9.